The molecule has 190 valence electrons. The molecule has 5 rings (SSSR count). The average Bonchev–Trinajstić information content (AvgIpc) is 3.48. The average molecular weight is 492 g/mol. The lowest BCUT2D eigenvalue weighted by molar-refractivity contribution is 0.220. The molecule has 0 unspecified atom stereocenters. The van der Waals surface area contributed by atoms with Crippen LogP contribution in [0.1, 0.15) is 35.6 Å². The molecule has 10 heteroatoms. The second kappa shape index (κ2) is 10.2. The fourth-order valence-electron chi connectivity index (χ4n) is 4.91. The number of nitrogen functional groups attached to an aromatic ring is 1. The van der Waals surface area contributed by atoms with Gasteiger partial charge in [0.2, 0.25) is 11.9 Å². The van der Waals surface area contributed by atoms with Crippen molar-refractivity contribution in [3.05, 3.63) is 69.5 Å². The van der Waals surface area contributed by atoms with Crippen molar-refractivity contribution in [2.75, 3.05) is 30.7 Å². The van der Waals surface area contributed by atoms with E-state index in [1.165, 1.54) is 4.57 Å². The third-order valence-corrected chi connectivity index (χ3v) is 7.07. The molecule has 4 N–H and O–H groups in total. The van der Waals surface area contributed by atoms with Crippen molar-refractivity contribution in [3.63, 3.8) is 0 Å². The van der Waals surface area contributed by atoms with Gasteiger partial charge in [0.05, 0.1) is 17.6 Å². The first-order valence-electron chi connectivity index (χ1n) is 12.4. The van der Waals surface area contributed by atoms with Crippen LogP contribution in [-0.2, 0) is 26.6 Å². The van der Waals surface area contributed by atoms with E-state index in [0.29, 0.717) is 30.5 Å². The topological polar surface area (TPSA) is 127 Å². The molecule has 1 fully saturated rings. The Bertz CT molecular complexity index is 1410. The summed E-state index contributed by atoms with van der Waals surface area (Å²) in [4.78, 5) is 24.1. The largest absolute Gasteiger partial charge is 0.462 e. The number of imidazole rings is 1. The molecule has 1 saturated heterocycles. The molecule has 3 aromatic heterocycles. The smallest absolute Gasteiger partial charge is 0.258 e. The van der Waals surface area contributed by atoms with E-state index in [4.69, 9.17) is 15.1 Å². The van der Waals surface area contributed by atoms with Crippen LogP contribution in [0.3, 0.4) is 0 Å². The third-order valence-electron chi connectivity index (χ3n) is 7.07. The van der Waals surface area contributed by atoms with Crippen LogP contribution < -0.4 is 16.6 Å². The van der Waals surface area contributed by atoms with Gasteiger partial charge in [0.25, 0.3) is 5.56 Å². The molecule has 0 amide bonds. The Morgan fingerprint density at radius 3 is 2.64 bits per heavy atom. The predicted molar refractivity (Wildman–Crippen MR) is 139 cm³/mol. The molecule has 1 aliphatic heterocycles. The maximum Gasteiger partial charge on any atom is 0.258 e. The molecule has 4 heterocycles. The molecule has 0 aliphatic carbocycles. The van der Waals surface area contributed by atoms with Gasteiger partial charge in [-0.1, -0.05) is 12.1 Å². The van der Waals surface area contributed by atoms with Crippen molar-refractivity contribution >= 4 is 22.9 Å². The van der Waals surface area contributed by atoms with Crippen molar-refractivity contribution in [2.45, 2.75) is 45.4 Å². The van der Waals surface area contributed by atoms with E-state index in [9.17, 15) is 9.90 Å². The van der Waals surface area contributed by atoms with E-state index in [1.54, 1.807) is 13.1 Å². The van der Waals surface area contributed by atoms with Crippen LogP contribution >= 0.6 is 0 Å². The number of likely N-dealkylation sites (tertiary alicyclic amines) is 1. The molecule has 10 nitrogen and oxygen atoms in total. The number of nitrogens with two attached hydrogens (primary N) is 1. The molecular formula is C26H33N7O3. The molecule has 1 aliphatic rings. The number of para-hydroxylation sites is 2. The van der Waals surface area contributed by atoms with Gasteiger partial charge >= 0.3 is 0 Å². The van der Waals surface area contributed by atoms with Crippen LogP contribution in [0, 0.1) is 6.92 Å². The summed E-state index contributed by atoms with van der Waals surface area (Å²) in [7, 11) is 1.66. The summed E-state index contributed by atoms with van der Waals surface area (Å²) in [5.41, 5.74) is 9.17. The quantitative estimate of drug-likeness (QED) is 0.343. The lowest BCUT2D eigenvalue weighted by atomic mass is 10.0. The van der Waals surface area contributed by atoms with Crippen molar-refractivity contribution in [1.29, 1.82) is 0 Å². The third kappa shape index (κ3) is 4.87. The number of aryl methyl sites for hydroxylation is 1. The number of aliphatic hydroxyl groups is 1. The summed E-state index contributed by atoms with van der Waals surface area (Å²) in [6, 6.07) is 12.1. The number of hydrogen-bond acceptors (Lipinski definition) is 8. The Morgan fingerprint density at radius 2 is 1.89 bits per heavy atom. The van der Waals surface area contributed by atoms with Crippen LogP contribution in [0.5, 0.6) is 0 Å². The number of aliphatic hydroxyl groups excluding tert-OH is 1. The molecule has 36 heavy (non-hydrogen) atoms. The number of nitrogens with zero attached hydrogens (tertiary/aromatic N) is 5. The van der Waals surface area contributed by atoms with Gasteiger partial charge in [0, 0.05) is 44.0 Å². The highest BCUT2D eigenvalue weighted by atomic mass is 16.4. The molecule has 0 saturated carbocycles. The number of furan rings is 1. The standard InChI is InChI=1S/C26H33N7O3/c1-17-21(24(35)31(2)25(27)28-17)11-14-32-12-9-18(10-13-32)29-26-30-22-5-3-4-6-23(22)33(26)15-19-7-8-20(16-34)36-19/h3-8,18,34H,9-16H2,1-2H3,(H2,27,28)(H,29,30). The van der Waals surface area contributed by atoms with Crippen molar-refractivity contribution in [3.8, 4) is 0 Å². The zero-order chi connectivity index (χ0) is 25.2. The fourth-order valence-corrected chi connectivity index (χ4v) is 4.91. The van der Waals surface area contributed by atoms with Crippen molar-refractivity contribution in [1.82, 2.24) is 24.0 Å². The van der Waals surface area contributed by atoms with Gasteiger partial charge in [-0.15, -0.1) is 0 Å². The highest BCUT2D eigenvalue weighted by Crippen LogP contribution is 2.24. The van der Waals surface area contributed by atoms with Gasteiger partial charge in [0.15, 0.2) is 0 Å². The lowest BCUT2D eigenvalue weighted by Crippen LogP contribution is -2.41. The van der Waals surface area contributed by atoms with E-state index in [1.807, 2.05) is 31.2 Å². The fraction of sp³-hybridized carbons (Fsp3) is 0.423. The highest BCUT2D eigenvalue weighted by molar-refractivity contribution is 5.78. The summed E-state index contributed by atoms with van der Waals surface area (Å²) in [6.45, 7) is 4.97. The summed E-state index contributed by atoms with van der Waals surface area (Å²) in [5.74, 6) is 2.40. The normalized spacial score (nSPS) is 15.1. The first-order chi connectivity index (χ1) is 17.4. The molecule has 1 aromatic carbocycles. The number of hydrogen-bond donors (Lipinski definition) is 3. The van der Waals surface area contributed by atoms with Gasteiger partial charge in [-0.25, -0.2) is 9.97 Å². The maximum atomic E-state index is 12.6. The number of benzene rings is 1. The number of aromatic nitrogens is 4. The zero-order valence-electron chi connectivity index (χ0n) is 20.8. The van der Waals surface area contributed by atoms with Gasteiger partial charge in [0.1, 0.15) is 18.1 Å². The SMILES string of the molecule is Cc1nc(N)n(C)c(=O)c1CCN1CCC(Nc2nc3ccccc3n2Cc2ccc(CO)o2)CC1. The van der Waals surface area contributed by atoms with E-state index < -0.39 is 0 Å². The molecular weight excluding hydrogens is 458 g/mol. The molecule has 4 aromatic rings. The lowest BCUT2D eigenvalue weighted by Gasteiger charge is -2.32. The second-order valence-electron chi connectivity index (χ2n) is 9.44. The van der Waals surface area contributed by atoms with Crippen molar-refractivity contribution < 1.29 is 9.52 Å². The van der Waals surface area contributed by atoms with E-state index in [-0.39, 0.29) is 18.1 Å². The minimum atomic E-state index is -0.114. The minimum absolute atomic E-state index is 0.0573. The molecule has 0 radical (unpaired) electrons. The Morgan fingerprint density at radius 1 is 1.14 bits per heavy atom. The first-order valence-corrected chi connectivity index (χ1v) is 12.4. The second-order valence-corrected chi connectivity index (χ2v) is 9.44. The maximum absolute atomic E-state index is 12.6. The summed E-state index contributed by atoms with van der Waals surface area (Å²) in [5, 5.41) is 13.0. The van der Waals surface area contributed by atoms with Gasteiger partial charge in [-0.3, -0.25) is 9.36 Å². The first kappa shape index (κ1) is 24.1. The van der Waals surface area contributed by atoms with Crippen LogP contribution in [0.2, 0.25) is 0 Å². The monoisotopic (exact) mass is 491 g/mol. The molecule has 0 spiro atoms. The van der Waals surface area contributed by atoms with E-state index >= 15 is 0 Å². The van der Waals surface area contributed by atoms with Gasteiger partial charge in [-0.05, 0) is 50.5 Å². The van der Waals surface area contributed by atoms with Gasteiger partial charge < -0.3 is 30.0 Å². The van der Waals surface area contributed by atoms with Crippen LogP contribution in [0.4, 0.5) is 11.9 Å². The summed E-state index contributed by atoms with van der Waals surface area (Å²) < 4.78 is 9.29. The number of piperidine rings is 1. The molecule has 0 bridgehead atoms. The number of rotatable bonds is 8. The Labute approximate surface area is 209 Å². The van der Waals surface area contributed by atoms with Crippen LogP contribution in [0.25, 0.3) is 11.0 Å². The summed E-state index contributed by atoms with van der Waals surface area (Å²) in [6.07, 6.45) is 2.63. The van der Waals surface area contributed by atoms with Crippen LogP contribution in [0.15, 0.2) is 45.6 Å². The van der Waals surface area contributed by atoms with Crippen LogP contribution in [-0.4, -0.2) is 54.8 Å². The van der Waals surface area contributed by atoms with E-state index in [0.717, 1.165) is 60.8 Å². The molecule has 0 atom stereocenters. The highest BCUT2D eigenvalue weighted by Gasteiger charge is 2.22. The van der Waals surface area contributed by atoms with Gasteiger partial charge in [-0.2, -0.15) is 0 Å². The number of nitrogens with one attached hydrogen (secondary N) is 1. The minimum Gasteiger partial charge on any atom is -0.462 e. The van der Waals surface area contributed by atoms with Crippen molar-refractivity contribution in [2.24, 2.45) is 7.05 Å². The Hall–Kier alpha value is -3.63. The predicted octanol–water partition coefficient (Wildman–Crippen LogP) is 2.27. The number of fused-ring (bicyclic) bond motifs is 1. The number of anilines is 2. The Balaban J connectivity index is 1.23. The van der Waals surface area contributed by atoms with E-state index in [2.05, 4.69) is 25.8 Å². The summed E-state index contributed by atoms with van der Waals surface area (Å²) >= 11 is 0. The Kier molecular flexibility index (Phi) is 6.80. The zero-order valence-corrected chi connectivity index (χ0v) is 20.8.